The highest BCUT2D eigenvalue weighted by atomic mass is 16.4. The molecule has 4 nitrogen and oxygen atoms in total. The Kier molecular flexibility index (Phi) is 18.4. The van der Waals surface area contributed by atoms with Gasteiger partial charge in [-0.1, -0.05) is 110 Å². The number of aliphatic carboxylic acids is 1. The van der Waals surface area contributed by atoms with Gasteiger partial charge in [-0.05, 0) is 55.4 Å². The number of unbranched alkanes of at least 4 members (excludes halogenated alkanes) is 17. The molecule has 0 saturated heterocycles. The molecule has 0 bridgehead atoms. The number of phenolic OH excluding ortho intramolecular Hbond substituents is 2. The number of aromatic hydroxyl groups is 2. The molecule has 196 valence electrons. The smallest absolute Gasteiger partial charge is 0.303 e. The summed E-state index contributed by atoms with van der Waals surface area (Å²) in [7, 11) is 0. The van der Waals surface area contributed by atoms with E-state index in [0.29, 0.717) is 11.5 Å². The quantitative estimate of drug-likeness (QED) is 0.109. The molecule has 34 heavy (non-hydrogen) atoms. The van der Waals surface area contributed by atoms with E-state index in [9.17, 15) is 15.0 Å². The third-order valence-electron chi connectivity index (χ3n) is 6.92. The first-order valence-corrected chi connectivity index (χ1v) is 14.3. The van der Waals surface area contributed by atoms with Crippen molar-refractivity contribution in [2.45, 2.75) is 148 Å². The van der Waals surface area contributed by atoms with Crippen molar-refractivity contribution in [3.63, 3.8) is 0 Å². The average Bonchev–Trinajstić information content (AvgIpc) is 2.81. The van der Waals surface area contributed by atoms with Gasteiger partial charge in [0.15, 0.2) is 0 Å². The van der Waals surface area contributed by atoms with Crippen molar-refractivity contribution in [3.05, 3.63) is 23.3 Å². The van der Waals surface area contributed by atoms with Gasteiger partial charge in [-0.25, -0.2) is 0 Å². The van der Waals surface area contributed by atoms with Crippen molar-refractivity contribution in [3.8, 4) is 11.5 Å². The van der Waals surface area contributed by atoms with Crippen LogP contribution in [0.5, 0.6) is 11.5 Å². The zero-order chi connectivity index (χ0) is 24.9. The van der Waals surface area contributed by atoms with Crippen molar-refractivity contribution < 1.29 is 20.1 Å². The summed E-state index contributed by atoms with van der Waals surface area (Å²) in [6.45, 7) is 2.27. The fourth-order valence-electron chi connectivity index (χ4n) is 4.70. The summed E-state index contributed by atoms with van der Waals surface area (Å²) < 4.78 is 0. The Morgan fingerprint density at radius 3 is 1.24 bits per heavy atom. The normalized spacial score (nSPS) is 11.2. The summed E-state index contributed by atoms with van der Waals surface area (Å²) in [5.74, 6) is -0.0575. The largest absolute Gasteiger partial charge is 0.508 e. The van der Waals surface area contributed by atoms with E-state index in [2.05, 4.69) is 6.92 Å². The summed E-state index contributed by atoms with van der Waals surface area (Å²) in [5, 5.41) is 29.4. The molecule has 0 saturated carbocycles. The molecule has 0 amide bonds. The van der Waals surface area contributed by atoms with Gasteiger partial charge in [0, 0.05) is 6.42 Å². The number of carboxylic acids is 1. The van der Waals surface area contributed by atoms with Crippen LogP contribution in [0.1, 0.15) is 146 Å². The number of hydrogen-bond acceptors (Lipinski definition) is 3. The Balaban J connectivity index is 2.08. The fourth-order valence-corrected chi connectivity index (χ4v) is 4.70. The van der Waals surface area contributed by atoms with Crippen LogP contribution in [-0.2, 0) is 17.6 Å². The fraction of sp³-hybridized carbons (Fsp3) is 0.767. The Morgan fingerprint density at radius 1 is 0.559 bits per heavy atom. The van der Waals surface area contributed by atoms with E-state index < -0.39 is 5.97 Å². The van der Waals surface area contributed by atoms with Crippen molar-refractivity contribution in [1.82, 2.24) is 0 Å². The van der Waals surface area contributed by atoms with Crippen LogP contribution >= 0.6 is 0 Å². The SMILES string of the molecule is CCCCCCCCCCCCCCc1cc(O)c(CCCCCCCCCC(=O)O)cc1O. The molecule has 0 aliphatic carbocycles. The van der Waals surface area contributed by atoms with E-state index in [1.807, 2.05) is 0 Å². The van der Waals surface area contributed by atoms with E-state index in [0.717, 1.165) is 75.3 Å². The average molecular weight is 477 g/mol. The molecule has 0 atom stereocenters. The maximum Gasteiger partial charge on any atom is 0.303 e. The summed E-state index contributed by atoms with van der Waals surface area (Å²) in [5.41, 5.74) is 1.71. The molecule has 0 fully saturated rings. The predicted octanol–water partition coefficient (Wildman–Crippen LogP) is 9.09. The second kappa shape index (κ2) is 20.6. The topological polar surface area (TPSA) is 77.8 Å². The van der Waals surface area contributed by atoms with Crippen LogP contribution in [0.2, 0.25) is 0 Å². The first-order chi connectivity index (χ1) is 16.5. The molecule has 3 N–H and O–H groups in total. The number of hydrogen-bond donors (Lipinski definition) is 3. The van der Waals surface area contributed by atoms with Crippen molar-refractivity contribution >= 4 is 5.97 Å². The molecule has 0 aromatic heterocycles. The third kappa shape index (κ3) is 16.0. The maximum absolute atomic E-state index is 10.5. The van der Waals surface area contributed by atoms with Gasteiger partial charge in [0.05, 0.1) is 0 Å². The molecule has 0 unspecified atom stereocenters. The van der Waals surface area contributed by atoms with E-state index in [1.54, 1.807) is 12.1 Å². The van der Waals surface area contributed by atoms with Crippen LogP contribution in [0.15, 0.2) is 12.1 Å². The highest BCUT2D eigenvalue weighted by Gasteiger charge is 2.09. The summed E-state index contributed by atoms with van der Waals surface area (Å²) in [4.78, 5) is 10.5. The standard InChI is InChI=1S/C30H52O4/c1-2-3-4-5-6-7-8-9-10-12-15-18-21-26-24-29(32)27(25-28(26)31)22-19-16-13-11-14-17-20-23-30(33)34/h24-25,31-32H,2-23H2,1H3,(H,33,34). The van der Waals surface area contributed by atoms with Gasteiger partial charge >= 0.3 is 5.97 Å². The van der Waals surface area contributed by atoms with E-state index in [-0.39, 0.29) is 6.42 Å². The molecule has 4 heteroatoms. The molecule has 1 rings (SSSR count). The van der Waals surface area contributed by atoms with E-state index in [4.69, 9.17) is 5.11 Å². The first kappa shape index (κ1) is 30.3. The van der Waals surface area contributed by atoms with Crippen LogP contribution in [0.4, 0.5) is 0 Å². The molecular formula is C30H52O4. The molecule has 0 aliphatic rings. The van der Waals surface area contributed by atoms with E-state index in [1.165, 1.54) is 70.6 Å². The van der Waals surface area contributed by atoms with Crippen LogP contribution < -0.4 is 0 Å². The zero-order valence-corrected chi connectivity index (χ0v) is 22.0. The lowest BCUT2D eigenvalue weighted by atomic mass is 9.98. The Hall–Kier alpha value is -1.71. The molecular weight excluding hydrogens is 424 g/mol. The Labute approximate surface area is 209 Å². The Bertz CT molecular complexity index is 641. The maximum atomic E-state index is 10.5. The number of aryl methyl sites for hydroxylation is 2. The lowest BCUT2D eigenvalue weighted by Gasteiger charge is -2.10. The molecule has 1 aromatic rings. The van der Waals surface area contributed by atoms with Gasteiger partial charge < -0.3 is 15.3 Å². The first-order valence-electron chi connectivity index (χ1n) is 14.3. The van der Waals surface area contributed by atoms with Crippen LogP contribution in [0.3, 0.4) is 0 Å². The minimum Gasteiger partial charge on any atom is -0.508 e. The summed E-state index contributed by atoms with van der Waals surface area (Å²) in [6.07, 6.45) is 25.0. The number of carboxylic acid groups (broad SMARTS) is 1. The molecule has 1 aromatic carbocycles. The van der Waals surface area contributed by atoms with Crippen LogP contribution in [0.25, 0.3) is 0 Å². The lowest BCUT2D eigenvalue weighted by molar-refractivity contribution is -0.137. The highest BCUT2D eigenvalue weighted by Crippen LogP contribution is 2.30. The van der Waals surface area contributed by atoms with Gasteiger partial charge in [0.25, 0.3) is 0 Å². The second-order valence-electron chi connectivity index (χ2n) is 10.1. The second-order valence-corrected chi connectivity index (χ2v) is 10.1. The molecule has 0 spiro atoms. The zero-order valence-electron chi connectivity index (χ0n) is 22.0. The van der Waals surface area contributed by atoms with Gasteiger partial charge in [0.2, 0.25) is 0 Å². The minimum absolute atomic E-state index is 0.276. The van der Waals surface area contributed by atoms with Crippen molar-refractivity contribution in [2.75, 3.05) is 0 Å². The van der Waals surface area contributed by atoms with Gasteiger partial charge in [-0.2, -0.15) is 0 Å². The molecule has 0 radical (unpaired) electrons. The van der Waals surface area contributed by atoms with Gasteiger partial charge in [-0.3, -0.25) is 4.79 Å². The van der Waals surface area contributed by atoms with Crippen LogP contribution in [0, 0.1) is 0 Å². The third-order valence-corrected chi connectivity index (χ3v) is 6.92. The number of rotatable bonds is 23. The summed E-state index contributed by atoms with van der Waals surface area (Å²) >= 11 is 0. The van der Waals surface area contributed by atoms with E-state index >= 15 is 0 Å². The van der Waals surface area contributed by atoms with Gasteiger partial charge in [0.1, 0.15) is 11.5 Å². The molecule has 0 heterocycles. The highest BCUT2D eigenvalue weighted by molar-refractivity contribution is 5.66. The molecule has 0 aliphatic heterocycles. The lowest BCUT2D eigenvalue weighted by Crippen LogP contribution is -1.94. The monoisotopic (exact) mass is 476 g/mol. The predicted molar refractivity (Wildman–Crippen MR) is 143 cm³/mol. The minimum atomic E-state index is -0.705. The Morgan fingerprint density at radius 2 is 0.882 bits per heavy atom. The number of carbonyl (C=O) groups is 1. The van der Waals surface area contributed by atoms with Crippen molar-refractivity contribution in [2.24, 2.45) is 0 Å². The van der Waals surface area contributed by atoms with Crippen molar-refractivity contribution in [1.29, 1.82) is 0 Å². The number of phenols is 2. The van der Waals surface area contributed by atoms with Crippen LogP contribution in [-0.4, -0.2) is 21.3 Å². The van der Waals surface area contributed by atoms with Gasteiger partial charge in [-0.15, -0.1) is 0 Å². The summed E-state index contributed by atoms with van der Waals surface area (Å²) in [6, 6.07) is 3.53. The number of benzene rings is 1.